The maximum atomic E-state index is 11.9. The van der Waals surface area contributed by atoms with E-state index in [9.17, 15) is 9.59 Å². The molecule has 0 aliphatic carbocycles. The third-order valence-corrected chi connectivity index (χ3v) is 4.06. The Morgan fingerprint density at radius 2 is 2.25 bits per heavy atom. The Morgan fingerprint density at radius 3 is 2.75 bits per heavy atom. The van der Waals surface area contributed by atoms with E-state index in [1.165, 1.54) is 4.90 Å². The van der Waals surface area contributed by atoms with E-state index in [0.29, 0.717) is 25.1 Å². The fourth-order valence-electron chi connectivity index (χ4n) is 1.79. The SMILES string of the molecule is CCC1SCC(C(=O)O)N1C(=O)CCCN. The van der Waals surface area contributed by atoms with Gasteiger partial charge in [-0.05, 0) is 19.4 Å². The molecule has 1 heterocycles. The number of carboxylic acids is 1. The number of nitrogens with two attached hydrogens (primary N) is 1. The van der Waals surface area contributed by atoms with Crippen LogP contribution in [0.15, 0.2) is 0 Å². The van der Waals surface area contributed by atoms with Gasteiger partial charge < -0.3 is 15.7 Å². The Bertz CT molecular complexity index is 273. The van der Waals surface area contributed by atoms with Crippen molar-refractivity contribution >= 4 is 23.6 Å². The summed E-state index contributed by atoms with van der Waals surface area (Å²) in [7, 11) is 0. The van der Waals surface area contributed by atoms with Gasteiger partial charge in [0.15, 0.2) is 0 Å². The van der Waals surface area contributed by atoms with Crippen LogP contribution in [0.3, 0.4) is 0 Å². The topological polar surface area (TPSA) is 83.6 Å². The lowest BCUT2D eigenvalue weighted by atomic mass is 10.2. The molecule has 0 saturated carbocycles. The zero-order valence-corrected chi connectivity index (χ0v) is 10.2. The average molecular weight is 246 g/mol. The van der Waals surface area contributed by atoms with Gasteiger partial charge in [-0.1, -0.05) is 6.92 Å². The van der Waals surface area contributed by atoms with Crippen LogP contribution in [0.4, 0.5) is 0 Å². The van der Waals surface area contributed by atoms with Crippen LogP contribution in [0.5, 0.6) is 0 Å². The molecule has 1 saturated heterocycles. The molecule has 5 nitrogen and oxygen atoms in total. The van der Waals surface area contributed by atoms with Crippen LogP contribution in [-0.2, 0) is 9.59 Å². The third kappa shape index (κ3) is 2.89. The molecule has 2 unspecified atom stereocenters. The maximum absolute atomic E-state index is 11.9. The minimum atomic E-state index is -0.912. The highest BCUT2D eigenvalue weighted by Gasteiger charge is 2.40. The first-order chi connectivity index (χ1) is 7.61. The van der Waals surface area contributed by atoms with Crippen molar-refractivity contribution in [3.05, 3.63) is 0 Å². The van der Waals surface area contributed by atoms with Crippen LogP contribution in [0, 0.1) is 0 Å². The first kappa shape index (κ1) is 13.3. The number of thioether (sulfide) groups is 1. The third-order valence-electron chi connectivity index (χ3n) is 2.61. The second-order valence-electron chi connectivity index (χ2n) is 3.74. The number of amides is 1. The highest BCUT2D eigenvalue weighted by atomic mass is 32.2. The maximum Gasteiger partial charge on any atom is 0.327 e. The molecule has 3 N–H and O–H groups in total. The van der Waals surface area contributed by atoms with E-state index in [4.69, 9.17) is 10.8 Å². The molecule has 1 aliphatic heterocycles. The number of nitrogens with zero attached hydrogens (tertiary/aromatic N) is 1. The largest absolute Gasteiger partial charge is 0.480 e. The molecule has 16 heavy (non-hydrogen) atoms. The summed E-state index contributed by atoms with van der Waals surface area (Å²) in [6, 6.07) is -0.666. The first-order valence-corrected chi connectivity index (χ1v) is 6.52. The van der Waals surface area contributed by atoms with Crippen molar-refractivity contribution in [2.24, 2.45) is 5.73 Å². The van der Waals surface area contributed by atoms with E-state index in [2.05, 4.69) is 0 Å². The van der Waals surface area contributed by atoms with Crippen molar-refractivity contribution < 1.29 is 14.7 Å². The quantitative estimate of drug-likeness (QED) is 0.737. The smallest absolute Gasteiger partial charge is 0.327 e. The Kier molecular flexibility index (Phi) is 5.08. The van der Waals surface area contributed by atoms with Crippen molar-refractivity contribution in [1.29, 1.82) is 0 Å². The molecule has 1 amide bonds. The summed E-state index contributed by atoms with van der Waals surface area (Å²) in [6.45, 7) is 2.42. The van der Waals surface area contributed by atoms with Crippen LogP contribution in [-0.4, -0.2) is 45.6 Å². The van der Waals surface area contributed by atoms with Gasteiger partial charge in [-0.3, -0.25) is 4.79 Å². The van der Waals surface area contributed by atoms with Crippen LogP contribution < -0.4 is 5.73 Å². The number of carboxylic acid groups (broad SMARTS) is 1. The molecule has 2 atom stereocenters. The van der Waals surface area contributed by atoms with E-state index in [1.54, 1.807) is 11.8 Å². The average Bonchev–Trinajstić information content (AvgIpc) is 2.69. The molecule has 1 aliphatic rings. The lowest BCUT2D eigenvalue weighted by Gasteiger charge is -2.26. The summed E-state index contributed by atoms with van der Waals surface area (Å²) >= 11 is 1.54. The molecule has 0 aromatic heterocycles. The second kappa shape index (κ2) is 6.10. The fourth-order valence-corrected chi connectivity index (χ4v) is 3.15. The number of rotatable bonds is 5. The Morgan fingerprint density at radius 1 is 1.56 bits per heavy atom. The summed E-state index contributed by atoms with van der Waals surface area (Å²) in [5.74, 6) is -0.512. The molecule has 1 fully saturated rings. The van der Waals surface area contributed by atoms with Gasteiger partial charge in [-0.2, -0.15) is 0 Å². The molecular weight excluding hydrogens is 228 g/mol. The van der Waals surface area contributed by atoms with Crippen LogP contribution in [0.1, 0.15) is 26.2 Å². The molecular formula is C10H18N2O3S. The number of carbonyl (C=O) groups excluding carboxylic acids is 1. The number of carbonyl (C=O) groups is 2. The van der Waals surface area contributed by atoms with Gasteiger partial charge in [0.1, 0.15) is 6.04 Å². The van der Waals surface area contributed by atoms with Crippen molar-refractivity contribution in [2.75, 3.05) is 12.3 Å². The molecule has 0 bridgehead atoms. The zero-order valence-electron chi connectivity index (χ0n) is 9.39. The van der Waals surface area contributed by atoms with Gasteiger partial charge in [-0.25, -0.2) is 4.79 Å². The van der Waals surface area contributed by atoms with E-state index in [0.717, 1.165) is 6.42 Å². The van der Waals surface area contributed by atoms with Crippen LogP contribution in [0.25, 0.3) is 0 Å². The summed E-state index contributed by atoms with van der Waals surface area (Å²) in [6.07, 6.45) is 1.74. The summed E-state index contributed by atoms with van der Waals surface area (Å²) < 4.78 is 0. The number of hydrogen-bond donors (Lipinski definition) is 2. The predicted octanol–water partition coefficient (Wildman–Crippen LogP) is 0.490. The van der Waals surface area contributed by atoms with Crippen molar-refractivity contribution in [3.8, 4) is 0 Å². The van der Waals surface area contributed by atoms with Gasteiger partial charge in [0, 0.05) is 12.2 Å². The monoisotopic (exact) mass is 246 g/mol. The summed E-state index contributed by atoms with van der Waals surface area (Å²) in [5.41, 5.74) is 5.34. The molecule has 0 radical (unpaired) electrons. The lowest BCUT2D eigenvalue weighted by Crippen LogP contribution is -2.45. The van der Waals surface area contributed by atoms with Crippen LogP contribution in [0.2, 0.25) is 0 Å². The van der Waals surface area contributed by atoms with Gasteiger partial charge >= 0.3 is 5.97 Å². The summed E-state index contributed by atoms with van der Waals surface area (Å²) in [4.78, 5) is 24.4. The molecule has 6 heteroatoms. The number of hydrogen-bond acceptors (Lipinski definition) is 4. The minimum absolute atomic E-state index is 0.00590. The van der Waals surface area contributed by atoms with Gasteiger partial charge in [0.05, 0.1) is 5.37 Å². The van der Waals surface area contributed by atoms with Gasteiger partial charge in [0.2, 0.25) is 5.91 Å². The van der Waals surface area contributed by atoms with Crippen molar-refractivity contribution in [2.45, 2.75) is 37.6 Å². The molecule has 1 rings (SSSR count). The standard InChI is InChI=1S/C10H18N2O3S/c1-2-9-12(8(13)4-3-5-11)7(6-16-9)10(14)15/h7,9H,2-6,11H2,1H3,(H,14,15). The van der Waals surface area contributed by atoms with Crippen molar-refractivity contribution in [3.63, 3.8) is 0 Å². The fraction of sp³-hybridized carbons (Fsp3) is 0.800. The first-order valence-electron chi connectivity index (χ1n) is 5.47. The predicted molar refractivity (Wildman–Crippen MR) is 63.1 cm³/mol. The minimum Gasteiger partial charge on any atom is -0.480 e. The number of aliphatic carboxylic acids is 1. The van der Waals surface area contributed by atoms with E-state index in [1.807, 2.05) is 6.92 Å². The Hall–Kier alpha value is -0.750. The molecule has 0 aromatic rings. The molecule has 0 aromatic carbocycles. The van der Waals surface area contributed by atoms with E-state index in [-0.39, 0.29) is 11.3 Å². The van der Waals surface area contributed by atoms with Gasteiger partial charge in [0.25, 0.3) is 0 Å². The highest BCUT2D eigenvalue weighted by Crippen LogP contribution is 2.31. The lowest BCUT2D eigenvalue weighted by molar-refractivity contribution is -0.149. The van der Waals surface area contributed by atoms with Crippen molar-refractivity contribution in [1.82, 2.24) is 4.90 Å². The summed E-state index contributed by atoms with van der Waals surface area (Å²) in [5, 5.41) is 9.05. The van der Waals surface area contributed by atoms with Gasteiger partial charge in [-0.15, -0.1) is 11.8 Å². The second-order valence-corrected chi connectivity index (χ2v) is 4.95. The van der Waals surface area contributed by atoms with Crippen LogP contribution >= 0.6 is 11.8 Å². The van der Waals surface area contributed by atoms with E-state index >= 15 is 0 Å². The Labute approximate surface area is 99.4 Å². The highest BCUT2D eigenvalue weighted by molar-refractivity contribution is 8.00. The normalized spacial score (nSPS) is 24.8. The molecule has 92 valence electrons. The molecule has 0 spiro atoms. The zero-order chi connectivity index (χ0) is 12.1. The van der Waals surface area contributed by atoms with E-state index < -0.39 is 12.0 Å². The Balaban J connectivity index is 2.69.